The van der Waals surface area contributed by atoms with Gasteiger partial charge in [-0.2, -0.15) is 0 Å². The fraction of sp³-hybridized carbons (Fsp3) is 0.143. The summed E-state index contributed by atoms with van der Waals surface area (Å²) in [6.45, 7) is 5.81. The molecule has 0 amide bonds. The highest BCUT2D eigenvalue weighted by atomic mass is 16.3. The summed E-state index contributed by atoms with van der Waals surface area (Å²) in [7, 11) is 0. The second-order valence-corrected chi connectivity index (χ2v) is 4.08. The normalized spacial score (nSPS) is 10.6. The zero-order valence-electron chi connectivity index (χ0n) is 9.20. The van der Waals surface area contributed by atoms with Crippen LogP contribution in [0, 0.1) is 0 Å². The maximum atomic E-state index is 9.74. The lowest BCUT2D eigenvalue weighted by Gasteiger charge is -2.09. The summed E-state index contributed by atoms with van der Waals surface area (Å²) in [4.78, 5) is 0. The zero-order valence-corrected chi connectivity index (χ0v) is 9.20. The molecule has 0 aliphatic rings. The van der Waals surface area contributed by atoms with Crippen molar-refractivity contribution in [1.29, 1.82) is 0 Å². The molecular weight excluding hydrogens is 200 g/mol. The highest BCUT2D eigenvalue weighted by molar-refractivity contribution is 5.93. The van der Waals surface area contributed by atoms with E-state index in [1.807, 2.05) is 25.1 Å². The van der Waals surface area contributed by atoms with E-state index in [4.69, 9.17) is 0 Å². The highest BCUT2D eigenvalue weighted by Gasteiger charge is 2.09. The molecule has 2 heteroatoms. The molecule has 0 atom stereocenters. The summed E-state index contributed by atoms with van der Waals surface area (Å²) in [5, 5.41) is 21.0. The monoisotopic (exact) mass is 214 g/mol. The lowest BCUT2D eigenvalue weighted by Crippen LogP contribution is -1.89. The molecule has 0 fully saturated rings. The van der Waals surface area contributed by atoms with Gasteiger partial charge in [-0.25, -0.2) is 0 Å². The average molecular weight is 214 g/mol. The van der Waals surface area contributed by atoms with Gasteiger partial charge in [0.05, 0.1) is 0 Å². The van der Waals surface area contributed by atoms with Gasteiger partial charge < -0.3 is 10.2 Å². The topological polar surface area (TPSA) is 40.5 Å². The standard InChI is InChI=1S/C14H14O2/c1-9(2)7-10-8-13(15)14(16)12-6-4-3-5-11(10)12/h3-6,8,15-16H,1,7H2,2H3. The molecule has 2 N–H and O–H groups in total. The lowest BCUT2D eigenvalue weighted by atomic mass is 9.98. The van der Waals surface area contributed by atoms with Crippen LogP contribution in [0.5, 0.6) is 11.5 Å². The van der Waals surface area contributed by atoms with Crippen molar-refractivity contribution in [2.45, 2.75) is 13.3 Å². The summed E-state index contributed by atoms with van der Waals surface area (Å²) in [6, 6.07) is 9.10. The maximum absolute atomic E-state index is 9.74. The molecule has 2 aromatic carbocycles. The molecule has 0 aliphatic heterocycles. The Morgan fingerprint density at radius 2 is 1.81 bits per heavy atom. The summed E-state index contributed by atoms with van der Waals surface area (Å²) in [5.74, 6) is -0.129. The molecule has 0 aliphatic carbocycles. The van der Waals surface area contributed by atoms with E-state index in [1.54, 1.807) is 12.1 Å². The van der Waals surface area contributed by atoms with E-state index in [2.05, 4.69) is 6.58 Å². The van der Waals surface area contributed by atoms with Crippen molar-refractivity contribution in [3.05, 3.63) is 48.0 Å². The van der Waals surface area contributed by atoms with E-state index in [0.717, 1.165) is 16.5 Å². The number of aromatic hydroxyl groups is 2. The van der Waals surface area contributed by atoms with E-state index in [-0.39, 0.29) is 11.5 Å². The Morgan fingerprint density at radius 3 is 2.44 bits per heavy atom. The van der Waals surface area contributed by atoms with Gasteiger partial charge in [0.15, 0.2) is 11.5 Å². The first-order valence-electron chi connectivity index (χ1n) is 5.16. The number of phenolic OH excluding ortho intramolecular Hbond substituents is 2. The van der Waals surface area contributed by atoms with Crippen molar-refractivity contribution in [2.75, 3.05) is 0 Å². The van der Waals surface area contributed by atoms with Crippen LogP contribution >= 0.6 is 0 Å². The van der Waals surface area contributed by atoms with Crippen LogP contribution in [0.15, 0.2) is 42.5 Å². The van der Waals surface area contributed by atoms with Crippen molar-refractivity contribution in [2.24, 2.45) is 0 Å². The van der Waals surface area contributed by atoms with Crippen LogP contribution in [0.3, 0.4) is 0 Å². The van der Waals surface area contributed by atoms with E-state index in [1.165, 1.54) is 0 Å². The molecule has 16 heavy (non-hydrogen) atoms. The Kier molecular flexibility index (Phi) is 2.57. The Labute approximate surface area is 94.5 Å². The molecule has 0 heterocycles. The molecule has 0 saturated heterocycles. The van der Waals surface area contributed by atoms with Gasteiger partial charge in [0.1, 0.15) is 0 Å². The number of benzene rings is 2. The average Bonchev–Trinajstić information content (AvgIpc) is 2.25. The van der Waals surface area contributed by atoms with Gasteiger partial charge in [-0.05, 0) is 30.4 Å². The van der Waals surface area contributed by atoms with Gasteiger partial charge in [-0.1, -0.05) is 36.4 Å². The number of phenols is 2. The van der Waals surface area contributed by atoms with E-state index < -0.39 is 0 Å². The quantitative estimate of drug-likeness (QED) is 0.594. The summed E-state index contributed by atoms with van der Waals surface area (Å²) in [6.07, 6.45) is 0.703. The molecule has 82 valence electrons. The second-order valence-electron chi connectivity index (χ2n) is 4.08. The third-order valence-electron chi connectivity index (χ3n) is 2.57. The van der Waals surface area contributed by atoms with Crippen LogP contribution in [0.4, 0.5) is 0 Å². The zero-order chi connectivity index (χ0) is 11.7. The van der Waals surface area contributed by atoms with Crippen LogP contribution < -0.4 is 0 Å². The minimum absolute atomic E-state index is 0.0546. The van der Waals surface area contributed by atoms with Crippen LogP contribution in [0.2, 0.25) is 0 Å². The third-order valence-corrected chi connectivity index (χ3v) is 2.57. The van der Waals surface area contributed by atoms with Crippen molar-refractivity contribution >= 4 is 10.8 Å². The summed E-state index contributed by atoms with van der Waals surface area (Å²) >= 11 is 0. The van der Waals surface area contributed by atoms with Crippen LogP contribution in [-0.2, 0) is 6.42 Å². The molecule has 0 bridgehead atoms. The Hall–Kier alpha value is -1.96. The number of allylic oxidation sites excluding steroid dienone is 1. The largest absolute Gasteiger partial charge is 0.504 e. The van der Waals surface area contributed by atoms with Gasteiger partial charge >= 0.3 is 0 Å². The molecule has 2 aromatic rings. The van der Waals surface area contributed by atoms with Crippen molar-refractivity contribution in [3.63, 3.8) is 0 Å². The van der Waals surface area contributed by atoms with Crippen LogP contribution in [-0.4, -0.2) is 10.2 Å². The van der Waals surface area contributed by atoms with Crippen LogP contribution in [0.25, 0.3) is 10.8 Å². The SMILES string of the molecule is C=C(C)Cc1cc(O)c(O)c2ccccc12. The van der Waals surface area contributed by atoms with Gasteiger partial charge in [0.25, 0.3) is 0 Å². The third kappa shape index (κ3) is 1.74. The second kappa shape index (κ2) is 3.89. The molecule has 2 rings (SSSR count). The van der Waals surface area contributed by atoms with E-state index in [9.17, 15) is 10.2 Å². The minimum atomic E-state index is -0.0741. The Bertz CT molecular complexity index is 556. The molecule has 0 radical (unpaired) electrons. The van der Waals surface area contributed by atoms with Gasteiger partial charge in [-0.3, -0.25) is 0 Å². The number of rotatable bonds is 2. The predicted molar refractivity (Wildman–Crippen MR) is 65.8 cm³/mol. The van der Waals surface area contributed by atoms with Crippen molar-refractivity contribution in [3.8, 4) is 11.5 Å². The van der Waals surface area contributed by atoms with Gasteiger partial charge in [0.2, 0.25) is 0 Å². The fourth-order valence-corrected chi connectivity index (χ4v) is 1.89. The maximum Gasteiger partial charge on any atom is 0.165 e. The van der Waals surface area contributed by atoms with E-state index >= 15 is 0 Å². The highest BCUT2D eigenvalue weighted by Crippen LogP contribution is 2.36. The van der Waals surface area contributed by atoms with Crippen molar-refractivity contribution < 1.29 is 10.2 Å². The first-order valence-corrected chi connectivity index (χ1v) is 5.16. The first kappa shape index (κ1) is 10.6. The minimum Gasteiger partial charge on any atom is -0.504 e. The van der Waals surface area contributed by atoms with Crippen molar-refractivity contribution in [1.82, 2.24) is 0 Å². The molecule has 2 nitrogen and oxygen atoms in total. The van der Waals surface area contributed by atoms with Gasteiger partial charge in [0, 0.05) is 5.39 Å². The first-order chi connectivity index (χ1) is 7.59. The lowest BCUT2D eigenvalue weighted by molar-refractivity contribution is 0.408. The van der Waals surface area contributed by atoms with Crippen LogP contribution in [0.1, 0.15) is 12.5 Å². The Balaban J connectivity index is 2.74. The summed E-state index contributed by atoms with van der Waals surface area (Å²) in [5.41, 5.74) is 2.01. The smallest absolute Gasteiger partial charge is 0.165 e. The molecule has 0 spiro atoms. The molecule has 0 aromatic heterocycles. The number of hydrogen-bond donors (Lipinski definition) is 2. The predicted octanol–water partition coefficient (Wildman–Crippen LogP) is 3.37. The Morgan fingerprint density at radius 1 is 1.19 bits per heavy atom. The molecule has 0 saturated carbocycles. The molecular formula is C14H14O2. The fourth-order valence-electron chi connectivity index (χ4n) is 1.89. The number of hydrogen-bond acceptors (Lipinski definition) is 2. The molecule has 0 unspecified atom stereocenters. The van der Waals surface area contributed by atoms with Gasteiger partial charge in [-0.15, -0.1) is 0 Å². The van der Waals surface area contributed by atoms with E-state index in [0.29, 0.717) is 11.8 Å². The summed E-state index contributed by atoms with van der Waals surface area (Å²) < 4.78 is 0. The number of fused-ring (bicyclic) bond motifs is 1.